The minimum atomic E-state index is 0.386. The van der Waals surface area contributed by atoms with E-state index in [1.165, 1.54) is 38.8 Å². The van der Waals surface area contributed by atoms with E-state index in [2.05, 4.69) is 19.8 Å². The van der Waals surface area contributed by atoms with Crippen molar-refractivity contribution in [3.63, 3.8) is 0 Å². The summed E-state index contributed by atoms with van der Waals surface area (Å²) >= 11 is 0. The molecule has 2 aliphatic heterocycles. The molecule has 1 aromatic rings. The first-order chi connectivity index (χ1) is 9.36. The van der Waals surface area contributed by atoms with Gasteiger partial charge in [-0.3, -0.25) is 4.90 Å². The number of piperidine rings is 1. The van der Waals surface area contributed by atoms with Crippen LogP contribution in [0.3, 0.4) is 0 Å². The van der Waals surface area contributed by atoms with E-state index in [1.807, 2.05) is 6.07 Å². The van der Waals surface area contributed by atoms with Gasteiger partial charge < -0.3 is 4.90 Å². The predicted octanol–water partition coefficient (Wildman–Crippen LogP) is 1.41. The highest BCUT2D eigenvalue weighted by molar-refractivity contribution is 5.38. The zero-order chi connectivity index (χ0) is 13.1. The Morgan fingerprint density at radius 3 is 2.63 bits per heavy atom. The van der Waals surface area contributed by atoms with Crippen LogP contribution in [-0.2, 0) is 0 Å². The number of aromatic nitrogens is 2. The van der Waals surface area contributed by atoms with Crippen molar-refractivity contribution < 1.29 is 0 Å². The van der Waals surface area contributed by atoms with E-state index >= 15 is 0 Å². The molecule has 100 valence electrons. The summed E-state index contributed by atoms with van der Waals surface area (Å²) < 4.78 is 0. The Bertz CT molecular complexity index is 458. The van der Waals surface area contributed by atoms with Crippen molar-refractivity contribution in [2.75, 3.05) is 31.1 Å². The second kappa shape index (κ2) is 5.54. The van der Waals surface area contributed by atoms with Crippen LogP contribution in [-0.4, -0.2) is 47.1 Å². The molecule has 3 rings (SSSR count). The van der Waals surface area contributed by atoms with Crippen molar-refractivity contribution in [1.29, 1.82) is 5.26 Å². The van der Waals surface area contributed by atoms with Gasteiger partial charge in [0.2, 0.25) is 0 Å². The average Bonchev–Trinajstić information content (AvgIpc) is 3.02. The minimum absolute atomic E-state index is 0.386. The van der Waals surface area contributed by atoms with Gasteiger partial charge in [-0.2, -0.15) is 5.26 Å². The van der Waals surface area contributed by atoms with Crippen LogP contribution in [0.4, 0.5) is 5.82 Å². The Hall–Kier alpha value is -1.67. The highest BCUT2D eigenvalue weighted by Crippen LogP contribution is 2.23. The number of anilines is 1. The highest BCUT2D eigenvalue weighted by Gasteiger charge is 2.27. The number of rotatable bonds is 2. The molecule has 0 radical (unpaired) electrons. The van der Waals surface area contributed by atoms with E-state index in [4.69, 9.17) is 5.26 Å². The molecule has 2 saturated heterocycles. The quantitative estimate of drug-likeness (QED) is 0.802. The van der Waals surface area contributed by atoms with Crippen LogP contribution in [0.5, 0.6) is 0 Å². The first-order valence-corrected chi connectivity index (χ1v) is 7.08. The van der Waals surface area contributed by atoms with Gasteiger partial charge >= 0.3 is 0 Å². The second-order valence-electron chi connectivity index (χ2n) is 5.36. The van der Waals surface area contributed by atoms with E-state index in [0.29, 0.717) is 11.7 Å². The number of hydrogen-bond donors (Lipinski definition) is 0. The maximum atomic E-state index is 8.75. The van der Waals surface area contributed by atoms with Gasteiger partial charge in [0.25, 0.3) is 0 Å². The molecule has 2 aliphatic rings. The fourth-order valence-electron chi connectivity index (χ4n) is 3.11. The van der Waals surface area contributed by atoms with Crippen LogP contribution in [0.2, 0.25) is 0 Å². The molecule has 0 amide bonds. The largest absolute Gasteiger partial charge is 0.354 e. The van der Waals surface area contributed by atoms with Gasteiger partial charge in [0.05, 0.1) is 12.4 Å². The maximum absolute atomic E-state index is 8.75. The third-order valence-electron chi connectivity index (χ3n) is 4.13. The average molecular weight is 257 g/mol. The number of nitrogens with zero attached hydrogens (tertiary/aromatic N) is 5. The van der Waals surface area contributed by atoms with Gasteiger partial charge in [0, 0.05) is 19.1 Å². The molecule has 0 bridgehead atoms. The number of nitriles is 1. The number of likely N-dealkylation sites (tertiary alicyclic amines) is 1. The number of hydrogen-bond acceptors (Lipinski definition) is 5. The normalized spacial score (nSPS) is 24.4. The van der Waals surface area contributed by atoms with Gasteiger partial charge in [-0.05, 0) is 38.8 Å². The summed E-state index contributed by atoms with van der Waals surface area (Å²) in [5.74, 6) is 0.905. The van der Waals surface area contributed by atoms with Crippen molar-refractivity contribution in [2.45, 2.75) is 31.7 Å². The van der Waals surface area contributed by atoms with E-state index in [-0.39, 0.29) is 0 Å². The lowest BCUT2D eigenvalue weighted by Gasteiger charge is -2.38. The van der Waals surface area contributed by atoms with Gasteiger partial charge in [0.15, 0.2) is 5.69 Å². The van der Waals surface area contributed by atoms with Crippen LogP contribution < -0.4 is 4.90 Å². The first kappa shape index (κ1) is 12.4. The second-order valence-corrected chi connectivity index (χ2v) is 5.36. The van der Waals surface area contributed by atoms with Crippen LogP contribution in [0.15, 0.2) is 12.4 Å². The maximum Gasteiger partial charge on any atom is 0.158 e. The topological polar surface area (TPSA) is 56.1 Å². The molecule has 0 saturated carbocycles. The van der Waals surface area contributed by atoms with Gasteiger partial charge in [-0.15, -0.1) is 0 Å². The van der Waals surface area contributed by atoms with E-state index in [1.54, 1.807) is 12.4 Å². The molecule has 19 heavy (non-hydrogen) atoms. The molecule has 3 heterocycles. The summed E-state index contributed by atoms with van der Waals surface area (Å²) in [5.41, 5.74) is 0.386. The summed E-state index contributed by atoms with van der Waals surface area (Å²) in [6.45, 7) is 4.58. The molecular formula is C14H19N5. The molecule has 0 spiro atoms. The smallest absolute Gasteiger partial charge is 0.158 e. The van der Waals surface area contributed by atoms with E-state index in [9.17, 15) is 0 Å². The van der Waals surface area contributed by atoms with Crippen LogP contribution >= 0.6 is 0 Å². The molecule has 0 aromatic carbocycles. The molecule has 0 aliphatic carbocycles. The Balaban J connectivity index is 1.68. The van der Waals surface area contributed by atoms with Crippen molar-refractivity contribution in [3.05, 3.63) is 18.1 Å². The Morgan fingerprint density at radius 2 is 1.95 bits per heavy atom. The summed E-state index contributed by atoms with van der Waals surface area (Å²) in [4.78, 5) is 13.4. The Morgan fingerprint density at radius 1 is 1.11 bits per heavy atom. The summed E-state index contributed by atoms with van der Waals surface area (Å²) in [6.07, 6.45) is 8.48. The predicted molar refractivity (Wildman–Crippen MR) is 72.8 cm³/mol. The van der Waals surface area contributed by atoms with Crippen LogP contribution in [0.25, 0.3) is 0 Å². The van der Waals surface area contributed by atoms with Crippen LogP contribution in [0, 0.1) is 11.3 Å². The first-order valence-electron chi connectivity index (χ1n) is 7.08. The standard InChI is InChI=1S/C14H19N5/c15-8-12-9-17-14(10-16-12)19-7-3-4-13(11-19)18-5-1-2-6-18/h9-10,13H,1-7,11H2. The zero-order valence-corrected chi connectivity index (χ0v) is 11.1. The van der Waals surface area contributed by atoms with E-state index in [0.717, 1.165) is 18.9 Å². The van der Waals surface area contributed by atoms with Crippen molar-refractivity contribution in [2.24, 2.45) is 0 Å². The molecule has 1 aromatic heterocycles. The Labute approximate surface area is 113 Å². The summed E-state index contributed by atoms with van der Waals surface area (Å²) in [7, 11) is 0. The van der Waals surface area contributed by atoms with Gasteiger partial charge in [-0.25, -0.2) is 9.97 Å². The Kier molecular flexibility index (Phi) is 3.60. The molecule has 1 atom stereocenters. The fourth-order valence-corrected chi connectivity index (χ4v) is 3.11. The zero-order valence-electron chi connectivity index (χ0n) is 11.1. The molecule has 5 heteroatoms. The van der Waals surface area contributed by atoms with Gasteiger partial charge in [-0.1, -0.05) is 0 Å². The summed E-state index contributed by atoms with van der Waals surface area (Å²) in [5, 5.41) is 8.75. The lowest BCUT2D eigenvalue weighted by Crippen LogP contribution is -2.47. The molecule has 0 N–H and O–H groups in total. The van der Waals surface area contributed by atoms with Gasteiger partial charge in [0.1, 0.15) is 11.9 Å². The van der Waals surface area contributed by atoms with Crippen molar-refractivity contribution in [3.8, 4) is 6.07 Å². The molecular weight excluding hydrogens is 238 g/mol. The van der Waals surface area contributed by atoms with Crippen LogP contribution in [0.1, 0.15) is 31.4 Å². The van der Waals surface area contributed by atoms with E-state index < -0.39 is 0 Å². The third kappa shape index (κ3) is 2.69. The molecule has 2 fully saturated rings. The minimum Gasteiger partial charge on any atom is -0.354 e. The van der Waals surface area contributed by atoms with Crippen molar-refractivity contribution >= 4 is 5.82 Å². The lowest BCUT2D eigenvalue weighted by atomic mass is 10.0. The molecule has 1 unspecified atom stereocenters. The summed E-state index contributed by atoms with van der Waals surface area (Å²) in [6, 6.07) is 2.67. The van der Waals surface area contributed by atoms with Crippen molar-refractivity contribution in [1.82, 2.24) is 14.9 Å². The SMILES string of the molecule is N#Cc1cnc(N2CCCC(N3CCCC3)C2)cn1. The highest BCUT2D eigenvalue weighted by atomic mass is 15.3. The lowest BCUT2D eigenvalue weighted by molar-refractivity contribution is 0.215. The molecule has 5 nitrogen and oxygen atoms in total. The fraction of sp³-hybridized carbons (Fsp3) is 0.643. The monoisotopic (exact) mass is 257 g/mol. The third-order valence-corrected chi connectivity index (χ3v) is 4.13.